The van der Waals surface area contributed by atoms with Gasteiger partial charge in [-0.1, -0.05) is 121 Å². The van der Waals surface area contributed by atoms with Crippen LogP contribution in [0.2, 0.25) is 0 Å². The molecule has 0 amide bonds. The quantitative estimate of drug-likeness (QED) is 0.180. The Balaban J connectivity index is 1.20. The third-order valence-electron chi connectivity index (χ3n) is 10.0. The first kappa shape index (κ1) is 27.2. The standard InChI is InChI=1S/C46H26N2O2/c1-4-11-27(12-5-1)30-20-22-38-37(23-30)44-45(50-38)43(47-46(48-44)29-15-8-3-9-16-29)31-19-21-33-35(24-31)34-17-10-18-39-41(34)42-36(33)25-32(26-40(42)49-39)28-13-6-2-7-14-28/h1-26H. The summed E-state index contributed by atoms with van der Waals surface area (Å²) in [5.41, 5.74) is 11.3. The molecule has 3 heterocycles. The first-order valence-corrected chi connectivity index (χ1v) is 16.8. The molecule has 11 rings (SSSR count). The van der Waals surface area contributed by atoms with Crippen LogP contribution >= 0.6 is 0 Å². The van der Waals surface area contributed by atoms with E-state index in [1.807, 2.05) is 36.4 Å². The van der Waals surface area contributed by atoms with Gasteiger partial charge in [0, 0.05) is 27.3 Å². The van der Waals surface area contributed by atoms with Gasteiger partial charge in [0.2, 0.25) is 0 Å². The molecule has 232 valence electrons. The maximum Gasteiger partial charge on any atom is 0.180 e. The molecule has 0 N–H and O–H groups in total. The van der Waals surface area contributed by atoms with Gasteiger partial charge in [-0.25, -0.2) is 9.97 Å². The summed E-state index contributed by atoms with van der Waals surface area (Å²) >= 11 is 0. The lowest BCUT2D eigenvalue weighted by Crippen LogP contribution is -1.94. The normalized spacial score (nSPS) is 12.0. The predicted octanol–water partition coefficient (Wildman–Crippen LogP) is 12.7. The molecule has 0 saturated heterocycles. The highest BCUT2D eigenvalue weighted by atomic mass is 16.3. The first-order valence-electron chi connectivity index (χ1n) is 16.8. The third-order valence-corrected chi connectivity index (χ3v) is 10.0. The lowest BCUT2D eigenvalue weighted by molar-refractivity contribution is 0.667. The minimum atomic E-state index is 0.662. The Bertz CT molecular complexity index is 3070. The maximum atomic E-state index is 6.64. The Morgan fingerprint density at radius 2 is 1.00 bits per heavy atom. The van der Waals surface area contributed by atoms with E-state index in [0.29, 0.717) is 11.4 Å². The van der Waals surface area contributed by atoms with Gasteiger partial charge in [-0.3, -0.25) is 0 Å². The highest BCUT2D eigenvalue weighted by Gasteiger charge is 2.22. The van der Waals surface area contributed by atoms with Gasteiger partial charge in [0.1, 0.15) is 28.0 Å². The Labute approximate surface area is 286 Å². The van der Waals surface area contributed by atoms with Crippen LogP contribution in [0.5, 0.6) is 0 Å². The summed E-state index contributed by atoms with van der Waals surface area (Å²) in [4.78, 5) is 10.4. The molecule has 8 aromatic carbocycles. The molecule has 4 heteroatoms. The number of fused-ring (bicyclic) bond motifs is 6. The second-order valence-corrected chi connectivity index (χ2v) is 12.9. The lowest BCUT2D eigenvalue weighted by Gasteiger charge is -2.12. The molecule has 0 radical (unpaired) electrons. The van der Waals surface area contributed by atoms with E-state index in [-0.39, 0.29) is 0 Å². The molecule has 0 spiro atoms. The number of hydrogen-bond acceptors (Lipinski definition) is 4. The monoisotopic (exact) mass is 638 g/mol. The second-order valence-electron chi connectivity index (χ2n) is 12.9. The van der Waals surface area contributed by atoms with Gasteiger partial charge >= 0.3 is 0 Å². The van der Waals surface area contributed by atoms with E-state index in [4.69, 9.17) is 18.8 Å². The zero-order valence-electron chi connectivity index (χ0n) is 26.7. The summed E-state index contributed by atoms with van der Waals surface area (Å²) in [6.45, 7) is 0. The van der Waals surface area contributed by atoms with Crippen molar-refractivity contribution in [3.63, 3.8) is 0 Å². The summed E-state index contributed by atoms with van der Waals surface area (Å²) in [5.74, 6) is 0.662. The summed E-state index contributed by atoms with van der Waals surface area (Å²) in [6.07, 6.45) is 0. The molecule has 4 nitrogen and oxygen atoms in total. The topological polar surface area (TPSA) is 52.1 Å². The van der Waals surface area contributed by atoms with Gasteiger partial charge in [-0.2, -0.15) is 0 Å². The molecular formula is C46H26N2O2. The lowest BCUT2D eigenvalue weighted by atomic mass is 9.91. The number of aromatic nitrogens is 2. The van der Waals surface area contributed by atoms with E-state index in [2.05, 4.69) is 121 Å². The Morgan fingerprint density at radius 3 is 1.78 bits per heavy atom. The summed E-state index contributed by atoms with van der Waals surface area (Å²) in [6, 6.07) is 54.9. The number of nitrogens with zero attached hydrogens (tertiary/aromatic N) is 2. The van der Waals surface area contributed by atoms with Crippen molar-refractivity contribution in [2.24, 2.45) is 0 Å². The summed E-state index contributed by atoms with van der Waals surface area (Å²) < 4.78 is 13.2. The second kappa shape index (κ2) is 10.4. The maximum absolute atomic E-state index is 6.64. The fourth-order valence-electron chi connectivity index (χ4n) is 7.70. The predicted molar refractivity (Wildman–Crippen MR) is 205 cm³/mol. The van der Waals surface area contributed by atoms with Gasteiger partial charge in [0.05, 0.1) is 0 Å². The molecule has 0 bridgehead atoms. The molecule has 3 aromatic heterocycles. The zero-order chi connectivity index (χ0) is 32.8. The minimum Gasteiger partial charge on any atom is -0.456 e. The highest BCUT2D eigenvalue weighted by molar-refractivity contribution is 6.33. The molecule has 0 aliphatic carbocycles. The Kier molecular flexibility index (Phi) is 5.63. The van der Waals surface area contributed by atoms with E-state index < -0.39 is 0 Å². The molecule has 0 unspecified atom stereocenters. The Hall–Kier alpha value is -6.78. The van der Waals surface area contributed by atoms with E-state index in [1.165, 1.54) is 10.8 Å². The van der Waals surface area contributed by atoms with Crippen molar-refractivity contribution < 1.29 is 8.83 Å². The largest absolute Gasteiger partial charge is 0.456 e. The van der Waals surface area contributed by atoms with Gasteiger partial charge in [-0.15, -0.1) is 0 Å². The average molecular weight is 639 g/mol. The van der Waals surface area contributed by atoms with Crippen LogP contribution in [-0.4, -0.2) is 9.97 Å². The smallest absolute Gasteiger partial charge is 0.180 e. The van der Waals surface area contributed by atoms with Crippen LogP contribution in [0.4, 0.5) is 0 Å². The number of rotatable bonds is 4. The van der Waals surface area contributed by atoms with Crippen molar-refractivity contribution in [3.05, 3.63) is 158 Å². The summed E-state index contributed by atoms with van der Waals surface area (Å²) in [7, 11) is 0. The van der Waals surface area contributed by atoms with Gasteiger partial charge < -0.3 is 8.83 Å². The van der Waals surface area contributed by atoms with Crippen LogP contribution in [0.25, 0.3) is 110 Å². The SMILES string of the molecule is c1ccc(-c2ccc3oc4c(-c5ccc6c(c5)c5cccc7oc8cc(-c9ccccc9)cc6c8c75)nc(-c5ccccc5)nc4c3c2)cc1. The Morgan fingerprint density at radius 1 is 0.340 bits per heavy atom. The van der Waals surface area contributed by atoms with Crippen LogP contribution in [0.15, 0.2) is 167 Å². The third kappa shape index (κ3) is 3.99. The molecule has 11 aromatic rings. The molecule has 0 saturated carbocycles. The van der Waals surface area contributed by atoms with Crippen molar-refractivity contribution in [1.82, 2.24) is 9.97 Å². The van der Waals surface area contributed by atoms with Crippen molar-refractivity contribution in [2.75, 3.05) is 0 Å². The molecule has 50 heavy (non-hydrogen) atoms. The van der Waals surface area contributed by atoms with Crippen LogP contribution < -0.4 is 0 Å². The van der Waals surface area contributed by atoms with Crippen molar-refractivity contribution in [2.45, 2.75) is 0 Å². The van der Waals surface area contributed by atoms with Crippen LogP contribution in [0.3, 0.4) is 0 Å². The fraction of sp³-hybridized carbons (Fsp3) is 0. The van der Waals surface area contributed by atoms with Crippen LogP contribution in [0.1, 0.15) is 0 Å². The van der Waals surface area contributed by atoms with E-state index in [0.717, 1.165) is 88.3 Å². The zero-order valence-corrected chi connectivity index (χ0v) is 26.7. The number of benzene rings is 8. The van der Waals surface area contributed by atoms with Gasteiger partial charge in [0.15, 0.2) is 11.4 Å². The minimum absolute atomic E-state index is 0.662. The van der Waals surface area contributed by atoms with Crippen molar-refractivity contribution >= 4 is 65.6 Å². The molecule has 0 aliphatic heterocycles. The number of hydrogen-bond donors (Lipinski definition) is 0. The fourth-order valence-corrected chi connectivity index (χ4v) is 7.70. The van der Waals surface area contributed by atoms with Crippen LogP contribution in [0, 0.1) is 0 Å². The van der Waals surface area contributed by atoms with Gasteiger partial charge in [-0.05, 0) is 80.2 Å². The molecule has 0 aliphatic rings. The van der Waals surface area contributed by atoms with E-state index in [9.17, 15) is 0 Å². The molecule has 0 fully saturated rings. The van der Waals surface area contributed by atoms with Crippen LogP contribution in [-0.2, 0) is 0 Å². The first-order chi connectivity index (χ1) is 24.8. The number of furan rings is 2. The highest BCUT2D eigenvalue weighted by Crippen LogP contribution is 2.46. The van der Waals surface area contributed by atoms with E-state index in [1.54, 1.807) is 0 Å². The van der Waals surface area contributed by atoms with Gasteiger partial charge in [0.25, 0.3) is 0 Å². The van der Waals surface area contributed by atoms with E-state index >= 15 is 0 Å². The van der Waals surface area contributed by atoms with Crippen molar-refractivity contribution in [3.8, 4) is 44.9 Å². The molecule has 0 atom stereocenters. The van der Waals surface area contributed by atoms with Crippen molar-refractivity contribution in [1.29, 1.82) is 0 Å². The summed E-state index contributed by atoms with van der Waals surface area (Å²) in [5, 5.41) is 7.93. The average Bonchev–Trinajstić information content (AvgIpc) is 3.76. The molecular weight excluding hydrogens is 613 g/mol.